The van der Waals surface area contributed by atoms with Crippen LogP contribution in [0.2, 0.25) is 0 Å². The molecule has 10 heteroatoms. The van der Waals surface area contributed by atoms with Gasteiger partial charge in [0.05, 0.1) is 25.9 Å². The molecule has 1 aromatic carbocycles. The molecule has 2 aliphatic heterocycles. The Kier molecular flexibility index (Phi) is 5.70. The molecule has 0 amide bonds. The molecule has 2 atom stereocenters. The molecule has 2 aliphatic rings. The number of aliphatic hydroxyl groups is 1. The summed E-state index contributed by atoms with van der Waals surface area (Å²) in [5, 5.41) is 10.6. The molecule has 4 rings (SSSR count). The van der Waals surface area contributed by atoms with Crippen molar-refractivity contribution in [3.8, 4) is 0 Å². The Morgan fingerprint density at radius 3 is 2.53 bits per heavy atom. The fraction of sp³-hybridized carbons (Fsp3) is 0.500. The SMILES string of the molecule is O=c1cc(N2CCOCC2)nc2n1CC[C@H](C(F)(F)F)N2C[C@H](O)c1ccccc1. The summed E-state index contributed by atoms with van der Waals surface area (Å²) in [6, 6.07) is 8.02. The number of rotatable bonds is 4. The van der Waals surface area contributed by atoms with Gasteiger partial charge in [-0.15, -0.1) is 0 Å². The second-order valence-electron chi connectivity index (χ2n) is 7.43. The molecule has 1 aromatic heterocycles. The van der Waals surface area contributed by atoms with E-state index >= 15 is 0 Å². The van der Waals surface area contributed by atoms with Crippen LogP contribution >= 0.6 is 0 Å². The van der Waals surface area contributed by atoms with E-state index in [0.29, 0.717) is 37.7 Å². The van der Waals surface area contributed by atoms with Crippen molar-refractivity contribution in [1.82, 2.24) is 9.55 Å². The Balaban J connectivity index is 1.73. The highest BCUT2D eigenvalue weighted by Gasteiger charge is 2.47. The van der Waals surface area contributed by atoms with Gasteiger partial charge in [-0.05, 0) is 12.0 Å². The number of fused-ring (bicyclic) bond motifs is 1. The summed E-state index contributed by atoms with van der Waals surface area (Å²) >= 11 is 0. The molecular formula is C20H23F3N4O3. The van der Waals surface area contributed by atoms with Crippen molar-refractivity contribution < 1.29 is 23.0 Å². The van der Waals surface area contributed by atoms with Crippen molar-refractivity contribution in [1.29, 1.82) is 0 Å². The number of alkyl halides is 3. The maximum Gasteiger partial charge on any atom is 0.408 e. The van der Waals surface area contributed by atoms with Gasteiger partial charge in [0.15, 0.2) is 0 Å². The molecule has 162 valence electrons. The zero-order valence-corrected chi connectivity index (χ0v) is 16.3. The molecule has 0 saturated carbocycles. The van der Waals surface area contributed by atoms with Gasteiger partial charge >= 0.3 is 6.18 Å². The van der Waals surface area contributed by atoms with E-state index in [4.69, 9.17) is 4.74 Å². The highest BCUT2D eigenvalue weighted by molar-refractivity contribution is 5.47. The Labute approximate surface area is 171 Å². The van der Waals surface area contributed by atoms with Crippen LogP contribution in [-0.2, 0) is 11.3 Å². The van der Waals surface area contributed by atoms with E-state index in [1.54, 1.807) is 30.3 Å². The predicted octanol–water partition coefficient (Wildman–Crippen LogP) is 1.95. The molecule has 30 heavy (non-hydrogen) atoms. The van der Waals surface area contributed by atoms with Crippen molar-refractivity contribution in [2.45, 2.75) is 31.3 Å². The quantitative estimate of drug-likeness (QED) is 0.809. The first-order valence-corrected chi connectivity index (χ1v) is 9.85. The molecule has 2 aromatic rings. The van der Waals surface area contributed by atoms with Crippen LogP contribution in [0.25, 0.3) is 0 Å². The third-order valence-corrected chi connectivity index (χ3v) is 5.50. The molecule has 3 heterocycles. The fourth-order valence-electron chi connectivity index (χ4n) is 3.93. The molecule has 0 radical (unpaired) electrons. The maximum atomic E-state index is 13.8. The van der Waals surface area contributed by atoms with Crippen LogP contribution in [0, 0.1) is 0 Å². The average Bonchev–Trinajstić information content (AvgIpc) is 2.74. The number of hydrogen-bond donors (Lipinski definition) is 1. The van der Waals surface area contributed by atoms with Crippen LogP contribution in [0.1, 0.15) is 18.1 Å². The van der Waals surface area contributed by atoms with Gasteiger partial charge in [-0.1, -0.05) is 30.3 Å². The second-order valence-corrected chi connectivity index (χ2v) is 7.43. The van der Waals surface area contributed by atoms with Gasteiger partial charge in [0, 0.05) is 25.7 Å². The van der Waals surface area contributed by atoms with Crippen molar-refractivity contribution in [2.75, 3.05) is 42.6 Å². The number of morpholine rings is 1. The summed E-state index contributed by atoms with van der Waals surface area (Å²) in [5.74, 6) is 0.268. The minimum absolute atomic E-state index is 0.0625. The normalized spacial score (nSPS) is 20.7. The largest absolute Gasteiger partial charge is 0.408 e. The van der Waals surface area contributed by atoms with Crippen LogP contribution in [-0.4, -0.2) is 59.7 Å². The number of halogens is 3. The number of ether oxygens (including phenoxy) is 1. The molecule has 1 N–H and O–H groups in total. The second kappa shape index (κ2) is 8.27. The fourth-order valence-corrected chi connectivity index (χ4v) is 3.93. The van der Waals surface area contributed by atoms with E-state index in [0.717, 1.165) is 4.90 Å². The smallest absolute Gasteiger partial charge is 0.387 e. The number of hydrogen-bond acceptors (Lipinski definition) is 6. The number of nitrogens with zero attached hydrogens (tertiary/aromatic N) is 4. The minimum Gasteiger partial charge on any atom is -0.387 e. The lowest BCUT2D eigenvalue weighted by molar-refractivity contribution is -0.153. The van der Waals surface area contributed by atoms with Gasteiger partial charge in [-0.3, -0.25) is 9.36 Å². The third-order valence-electron chi connectivity index (χ3n) is 5.50. The summed E-state index contributed by atoms with van der Waals surface area (Å²) in [5.41, 5.74) is 0.101. The number of aromatic nitrogens is 2. The number of benzene rings is 1. The van der Waals surface area contributed by atoms with Crippen molar-refractivity contribution >= 4 is 11.8 Å². The van der Waals surface area contributed by atoms with Crippen molar-refractivity contribution in [3.63, 3.8) is 0 Å². The Morgan fingerprint density at radius 1 is 1.17 bits per heavy atom. The van der Waals surface area contributed by atoms with Crippen molar-refractivity contribution in [3.05, 3.63) is 52.3 Å². The van der Waals surface area contributed by atoms with Gasteiger partial charge < -0.3 is 19.6 Å². The lowest BCUT2D eigenvalue weighted by atomic mass is 10.1. The molecule has 1 fully saturated rings. The lowest BCUT2D eigenvalue weighted by Crippen LogP contribution is -2.53. The van der Waals surface area contributed by atoms with E-state index < -0.39 is 23.9 Å². The highest BCUT2D eigenvalue weighted by Crippen LogP contribution is 2.35. The van der Waals surface area contributed by atoms with E-state index in [-0.39, 0.29) is 25.5 Å². The van der Waals surface area contributed by atoms with Crippen LogP contribution in [0.5, 0.6) is 0 Å². The van der Waals surface area contributed by atoms with E-state index in [1.165, 1.54) is 10.6 Å². The summed E-state index contributed by atoms with van der Waals surface area (Å²) in [6.07, 6.45) is -5.96. The van der Waals surface area contributed by atoms with Gasteiger partial charge in [0.25, 0.3) is 5.56 Å². The number of β-amino-alcohol motifs (C(OH)–C–C–N with tert-alkyl or cyclic N) is 1. The standard InChI is InChI=1S/C20H23F3N4O3/c21-20(22,23)16-6-7-26-18(29)12-17(25-8-10-30-11-9-25)24-19(26)27(16)13-15(28)14-4-2-1-3-5-14/h1-5,12,15-16,28H,6-11,13H2/t15-,16+/m0/s1. The Morgan fingerprint density at radius 2 is 1.87 bits per heavy atom. The van der Waals surface area contributed by atoms with Crippen LogP contribution in [0.3, 0.4) is 0 Å². The van der Waals surface area contributed by atoms with Gasteiger partial charge in [-0.25, -0.2) is 0 Å². The Bertz CT molecular complexity index is 929. The van der Waals surface area contributed by atoms with E-state index in [9.17, 15) is 23.1 Å². The minimum atomic E-state index is -4.52. The molecule has 0 aliphatic carbocycles. The Hall–Kier alpha value is -2.59. The molecule has 0 unspecified atom stereocenters. The highest BCUT2D eigenvalue weighted by atomic mass is 19.4. The molecule has 0 spiro atoms. The maximum absolute atomic E-state index is 13.8. The van der Waals surface area contributed by atoms with Crippen molar-refractivity contribution in [2.24, 2.45) is 0 Å². The number of anilines is 2. The average molecular weight is 424 g/mol. The molecule has 7 nitrogen and oxygen atoms in total. The third kappa shape index (κ3) is 4.15. The first kappa shape index (κ1) is 20.7. The van der Waals surface area contributed by atoms with Crippen LogP contribution in [0.15, 0.2) is 41.2 Å². The summed E-state index contributed by atoms with van der Waals surface area (Å²) in [4.78, 5) is 20.0. The topological polar surface area (TPSA) is 70.8 Å². The first-order chi connectivity index (χ1) is 14.3. The van der Waals surface area contributed by atoms with Gasteiger partial charge in [-0.2, -0.15) is 18.2 Å². The molecule has 1 saturated heterocycles. The predicted molar refractivity (Wildman–Crippen MR) is 105 cm³/mol. The monoisotopic (exact) mass is 424 g/mol. The lowest BCUT2D eigenvalue weighted by Gasteiger charge is -2.40. The molecule has 0 bridgehead atoms. The summed E-state index contributed by atoms with van der Waals surface area (Å²) in [7, 11) is 0. The zero-order valence-electron chi connectivity index (χ0n) is 16.3. The van der Waals surface area contributed by atoms with E-state index in [2.05, 4.69) is 4.98 Å². The van der Waals surface area contributed by atoms with Gasteiger partial charge in [0.1, 0.15) is 11.9 Å². The van der Waals surface area contributed by atoms with Gasteiger partial charge in [0.2, 0.25) is 5.95 Å². The summed E-state index contributed by atoms with van der Waals surface area (Å²) < 4.78 is 48.0. The summed E-state index contributed by atoms with van der Waals surface area (Å²) in [6.45, 7) is 1.53. The zero-order chi connectivity index (χ0) is 21.3. The van der Waals surface area contributed by atoms with E-state index in [1.807, 2.05) is 4.90 Å². The first-order valence-electron chi connectivity index (χ1n) is 9.85. The molecular weight excluding hydrogens is 401 g/mol. The number of aliphatic hydroxyl groups excluding tert-OH is 1. The van der Waals surface area contributed by atoms with Crippen LogP contribution < -0.4 is 15.4 Å². The van der Waals surface area contributed by atoms with Crippen LogP contribution in [0.4, 0.5) is 24.9 Å².